The molecular formula is C9H20Cl2NbO4. The third kappa shape index (κ3) is 132. The fraction of sp³-hybridized carbons (Fsp3) is 0.667. The van der Waals surface area contributed by atoms with E-state index in [1.807, 2.05) is 0 Å². The molecule has 0 aliphatic rings. The predicted octanol–water partition coefficient (Wildman–Crippen LogP) is 2.41. The average molecular weight is 356 g/mol. The van der Waals surface area contributed by atoms with Crippen molar-refractivity contribution in [2.75, 3.05) is 13.2 Å². The fourth-order valence-corrected chi connectivity index (χ4v) is 0.294. The van der Waals surface area contributed by atoms with Crippen molar-refractivity contribution in [3.8, 4) is 0 Å². The Morgan fingerprint density at radius 3 is 1.38 bits per heavy atom. The summed E-state index contributed by atoms with van der Waals surface area (Å²) in [7, 11) is 9.83. The quantitative estimate of drug-likeness (QED) is 0.383. The molecule has 16 heavy (non-hydrogen) atoms. The van der Waals surface area contributed by atoms with Crippen molar-refractivity contribution in [1.82, 2.24) is 0 Å². The molecule has 0 amide bonds. The van der Waals surface area contributed by atoms with Gasteiger partial charge in [-0.1, -0.05) is 0 Å². The Kier molecular flexibility index (Phi) is 46.8. The number of carbonyl (C=O) groups is 1. The molecule has 0 heterocycles. The zero-order valence-corrected chi connectivity index (χ0v) is 13.7. The molecule has 0 saturated heterocycles. The summed E-state index contributed by atoms with van der Waals surface area (Å²) >= 11 is -0.706. The van der Waals surface area contributed by atoms with Crippen LogP contribution >= 0.6 is 18.4 Å². The molecule has 0 aromatic rings. The Hall–Kier alpha value is 0.450. The average Bonchev–Trinajstić information content (AvgIpc) is 2.04. The number of carbonyl (C=O) groups excluding carboxylic acids is 1. The normalized spacial score (nSPS) is 8.12. The van der Waals surface area contributed by atoms with E-state index in [0.29, 0.717) is 0 Å². The predicted molar refractivity (Wildman–Crippen MR) is 64.3 cm³/mol. The number of allylic oxidation sites excluding steroid dienone is 2. The van der Waals surface area contributed by atoms with E-state index in [4.69, 9.17) is 33.7 Å². The van der Waals surface area contributed by atoms with E-state index in [-0.39, 0.29) is 24.8 Å². The molecule has 0 radical (unpaired) electrons. The minimum atomic E-state index is -0.706. The van der Waals surface area contributed by atoms with Crippen molar-refractivity contribution < 1.29 is 37.7 Å². The molecule has 0 unspecified atom stereocenters. The molecule has 0 atom stereocenters. The van der Waals surface area contributed by atoms with Crippen LogP contribution in [0, 0.1) is 0 Å². The molecule has 7 heteroatoms. The first-order chi connectivity index (χ1) is 7.37. The first-order valence-corrected chi connectivity index (χ1v) is 10.1. The van der Waals surface area contributed by atoms with Gasteiger partial charge < -0.3 is 15.3 Å². The summed E-state index contributed by atoms with van der Waals surface area (Å²) in [6, 6.07) is 0. The third-order valence-corrected chi connectivity index (χ3v) is 0.412. The van der Waals surface area contributed by atoms with Crippen LogP contribution in [0.1, 0.15) is 27.7 Å². The van der Waals surface area contributed by atoms with E-state index in [2.05, 4.69) is 0 Å². The van der Waals surface area contributed by atoms with E-state index in [9.17, 15) is 4.79 Å². The third-order valence-electron chi connectivity index (χ3n) is 0.412. The van der Waals surface area contributed by atoms with Crippen LogP contribution in [0.2, 0.25) is 0 Å². The summed E-state index contributed by atoms with van der Waals surface area (Å²) in [6.07, 6.45) is 1.17. The van der Waals surface area contributed by atoms with Gasteiger partial charge in [0.1, 0.15) is 0 Å². The summed E-state index contributed by atoms with van der Waals surface area (Å²) in [5.74, 6) is -0.0625. The number of aliphatic hydroxyl groups is 3. The van der Waals surface area contributed by atoms with Crippen molar-refractivity contribution in [2.24, 2.45) is 0 Å². The van der Waals surface area contributed by atoms with E-state index < -0.39 is 17.6 Å². The number of halogens is 2. The molecule has 0 aromatic carbocycles. The Morgan fingerprint density at radius 1 is 1.19 bits per heavy atom. The SMILES string of the molecule is CC(=O)/C=C(/C)O.CCO.CCO.[Cl][Nb][Cl]. The molecule has 0 aromatic heterocycles. The standard InChI is InChI=1S/C5H8O2.2C2H6O.2ClH.Nb/c1-4(6)3-5(2)7;2*1-2-3;;;/h3,6H,1-2H3;2*3H,2H2,1H3;2*1H;/q;;;;;+2/p-2/b4-3-;;;;;. The summed E-state index contributed by atoms with van der Waals surface area (Å²) in [5.41, 5.74) is 0. The van der Waals surface area contributed by atoms with Crippen LogP contribution in [0.4, 0.5) is 0 Å². The topological polar surface area (TPSA) is 77.8 Å². The first kappa shape index (κ1) is 25.3. The van der Waals surface area contributed by atoms with Gasteiger partial charge in [-0.3, -0.25) is 4.79 Å². The Morgan fingerprint density at radius 2 is 1.38 bits per heavy atom. The fourth-order valence-electron chi connectivity index (χ4n) is 0.294. The zero-order chi connectivity index (χ0) is 14.0. The maximum atomic E-state index is 10.0. The number of rotatable bonds is 1. The second-order valence-corrected chi connectivity index (χ2v) is 5.43. The van der Waals surface area contributed by atoms with Crippen LogP contribution in [0.3, 0.4) is 0 Å². The van der Waals surface area contributed by atoms with Gasteiger partial charge in [-0.25, -0.2) is 0 Å². The van der Waals surface area contributed by atoms with Crippen LogP contribution in [0.5, 0.6) is 0 Å². The first-order valence-electron chi connectivity index (χ1n) is 4.39. The van der Waals surface area contributed by atoms with Crippen LogP contribution in [-0.4, -0.2) is 34.3 Å². The molecule has 0 saturated carbocycles. The van der Waals surface area contributed by atoms with E-state index in [1.165, 1.54) is 19.9 Å². The van der Waals surface area contributed by atoms with Gasteiger partial charge in [0.25, 0.3) is 0 Å². The Balaban J connectivity index is -0.0000000677. The van der Waals surface area contributed by atoms with E-state index in [0.717, 1.165) is 0 Å². The molecule has 0 rings (SSSR count). The number of aliphatic hydroxyl groups excluding tert-OH is 3. The van der Waals surface area contributed by atoms with Crippen molar-refractivity contribution in [3.63, 3.8) is 0 Å². The van der Waals surface area contributed by atoms with Crippen LogP contribution in [-0.2, 0) is 22.4 Å². The van der Waals surface area contributed by atoms with Gasteiger partial charge in [0.2, 0.25) is 0 Å². The molecule has 0 aliphatic heterocycles. The summed E-state index contributed by atoms with van der Waals surface area (Å²) in [4.78, 5) is 10.0. The van der Waals surface area contributed by atoms with Crippen LogP contribution < -0.4 is 0 Å². The molecule has 0 bridgehead atoms. The molecule has 0 aliphatic carbocycles. The molecular weight excluding hydrogens is 336 g/mol. The molecule has 3 N–H and O–H groups in total. The maximum absolute atomic E-state index is 10.0. The van der Waals surface area contributed by atoms with Crippen LogP contribution in [0.25, 0.3) is 0 Å². The van der Waals surface area contributed by atoms with Crippen molar-refractivity contribution in [3.05, 3.63) is 11.8 Å². The second kappa shape index (κ2) is 29.5. The second-order valence-electron chi connectivity index (χ2n) is 2.09. The van der Waals surface area contributed by atoms with Crippen LogP contribution in [0.15, 0.2) is 11.8 Å². The van der Waals surface area contributed by atoms with Gasteiger partial charge in [-0.05, 0) is 27.7 Å². The molecule has 0 spiro atoms. The number of hydrogen-bond acceptors (Lipinski definition) is 4. The number of ketones is 1. The van der Waals surface area contributed by atoms with Gasteiger partial charge >= 0.3 is 36.0 Å². The molecule has 99 valence electrons. The summed E-state index contributed by atoms with van der Waals surface area (Å²) in [5, 5.41) is 23.5. The van der Waals surface area contributed by atoms with E-state index in [1.54, 1.807) is 13.8 Å². The Labute approximate surface area is 114 Å². The summed E-state index contributed by atoms with van der Waals surface area (Å²) < 4.78 is 0. The monoisotopic (exact) mass is 355 g/mol. The van der Waals surface area contributed by atoms with Gasteiger partial charge in [0.05, 0.1) is 5.76 Å². The van der Waals surface area contributed by atoms with Crippen molar-refractivity contribution in [1.29, 1.82) is 0 Å². The van der Waals surface area contributed by atoms with E-state index >= 15 is 0 Å². The Bertz CT molecular complexity index is 146. The minimum absolute atomic E-state index is 0.0625. The van der Waals surface area contributed by atoms with Gasteiger partial charge in [0.15, 0.2) is 5.78 Å². The zero-order valence-electron chi connectivity index (χ0n) is 9.94. The van der Waals surface area contributed by atoms with Crippen molar-refractivity contribution in [2.45, 2.75) is 27.7 Å². The van der Waals surface area contributed by atoms with Gasteiger partial charge in [-0.2, -0.15) is 0 Å². The number of hydrogen-bond donors (Lipinski definition) is 3. The molecule has 4 nitrogen and oxygen atoms in total. The molecule has 0 fully saturated rings. The van der Waals surface area contributed by atoms with Gasteiger partial charge in [-0.15, -0.1) is 0 Å². The van der Waals surface area contributed by atoms with Crippen molar-refractivity contribution >= 4 is 24.2 Å². The van der Waals surface area contributed by atoms with Gasteiger partial charge in [0, 0.05) is 19.3 Å². The summed E-state index contributed by atoms with van der Waals surface area (Å²) in [6.45, 7) is 6.71.